The molecule has 0 saturated heterocycles. The minimum absolute atomic E-state index is 0.166. The number of benzene rings is 2. The van der Waals surface area contributed by atoms with Gasteiger partial charge in [-0.2, -0.15) is 0 Å². The van der Waals surface area contributed by atoms with Crippen molar-refractivity contribution in [1.82, 2.24) is 0 Å². The second-order valence-electron chi connectivity index (χ2n) is 4.48. The van der Waals surface area contributed by atoms with E-state index in [9.17, 15) is 18.0 Å². The lowest BCUT2D eigenvalue weighted by molar-refractivity contribution is -0.114. The number of hydrogen-bond donors (Lipinski definition) is 2. The monoisotopic (exact) mass is 294 g/mol. The third-order valence-electron chi connectivity index (χ3n) is 2.75. The number of anilines is 2. The van der Waals surface area contributed by atoms with E-state index in [1.807, 2.05) is 0 Å². The molecule has 0 saturated carbocycles. The molecule has 6 heteroatoms. The molecule has 0 spiro atoms. The number of rotatable bonds is 4. The number of amides is 1. The Morgan fingerprint density at radius 1 is 1.05 bits per heavy atom. The largest absolute Gasteiger partial charge is 0.376 e. The lowest BCUT2D eigenvalue weighted by Gasteiger charge is -2.10. The summed E-state index contributed by atoms with van der Waals surface area (Å²) >= 11 is 0. The fourth-order valence-electron chi connectivity index (χ4n) is 1.81. The second-order valence-corrected chi connectivity index (χ2v) is 4.48. The maximum absolute atomic E-state index is 13.4. The standard InChI is InChI=1S/C15H13F3N2O/c1-9(21)20-12-4-2-10(3-5-12)8-19-15-13(17)6-11(16)7-14(15)18/h2-7,19H,8H2,1H3,(H,20,21). The van der Waals surface area contributed by atoms with E-state index in [4.69, 9.17) is 0 Å². The molecule has 21 heavy (non-hydrogen) atoms. The van der Waals surface area contributed by atoms with E-state index in [1.54, 1.807) is 24.3 Å². The van der Waals surface area contributed by atoms with Gasteiger partial charge >= 0.3 is 0 Å². The van der Waals surface area contributed by atoms with E-state index >= 15 is 0 Å². The summed E-state index contributed by atoms with van der Waals surface area (Å²) in [6.07, 6.45) is 0. The van der Waals surface area contributed by atoms with Gasteiger partial charge in [0, 0.05) is 31.3 Å². The molecule has 110 valence electrons. The topological polar surface area (TPSA) is 41.1 Å². The van der Waals surface area contributed by atoms with E-state index in [2.05, 4.69) is 10.6 Å². The van der Waals surface area contributed by atoms with Crippen LogP contribution in [-0.2, 0) is 11.3 Å². The van der Waals surface area contributed by atoms with Crippen LogP contribution in [0.2, 0.25) is 0 Å². The molecule has 2 N–H and O–H groups in total. The molecule has 2 rings (SSSR count). The highest BCUT2D eigenvalue weighted by molar-refractivity contribution is 5.88. The van der Waals surface area contributed by atoms with Crippen LogP contribution in [0.25, 0.3) is 0 Å². The van der Waals surface area contributed by atoms with Gasteiger partial charge in [-0.1, -0.05) is 12.1 Å². The van der Waals surface area contributed by atoms with Crippen molar-refractivity contribution in [3.05, 3.63) is 59.4 Å². The Balaban J connectivity index is 2.05. The fraction of sp³-hybridized carbons (Fsp3) is 0.133. The van der Waals surface area contributed by atoms with Crippen LogP contribution in [0.5, 0.6) is 0 Å². The lowest BCUT2D eigenvalue weighted by atomic mass is 10.2. The van der Waals surface area contributed by atoms with Gasteiger partial charge in [0.25, 0.3) is 0 Å². The number of carbonyl (C=O) groups excluding carboxylic acids is 1. The van der Waals surface area contributed by atoms with Crippen molar-refractivity contribution >= 4 is 17.3 Å². The van der Waals surface area contributed by atoms with Gasteiger partial charge in [0.15, 0.2) is 11.6 Å². The molecule has 1 amide bonds. The summed E-state index contributed by atoms with van der Waals surface area (Å²) in [5.74, 6) is -3.11. The predicted octanol–water partition coefficient (Wildman–Crippen LogP) is 3.67. The van der Waals surface area contributed by atoms with Crippen LogP contribution in [0.15, 0.2) is 36.4 Å². The summed E-state index contributed by atoms with van der Waals surface area (Å²) < 4.78 is 39.6. The van der Waals surface area contributed by atoms with Gasteiger partial charge < -0.3 is 10.6 Å². The molecule has 0 aromatic heterocycles. The Bertz CT molecular complexity index is 633. The number of carbonyl (C=O) groups is 1. The van der Waals surface area contributed by atoms with Crippen molar-refractivity contribution in [3.8, 4) is 0 Å². The first-order valence-corrected chi connectivity index (χ1v) is 6.20. The molecule has 0 heterocycles. The quantitative estimate of drug-likeness (QED) is 0.903. The molecular formula is C15H13F3N2O. The van der Waals surface area contributed by atoms with Crippen molar-refractivity contribution < 1.29 is 18.0 Å². The van der Waals surface area contributed by atoms with Gasteiger partial charge in [0.05, 0.1) is 0 Å². The smallest absolute Gasteiger partial charge is 0.221 e. The van der Waals surface area contributed by atoms with Gasteiger partial charge in [0.1, 0.15) is 11.5 Å². The molecule has 0 unspecified atom stereocenters. The van der Waals surface area contributed by atoms with Crippen LogP contribution in [-0.4, -0.2) is 5.91 Å². The molecule has 0 aliphatic heterocycles. The zero-order valence-electron chi connectivity index (χ0n) is 11.2. The average Bonchev–Trinajstić information content (AvgIpc) is 2.38. The zero-order chi connectivity index (χ0) is 15.4. The Labute approximate surface area is 119 Å². The number of halogens is 3. The van der Waals surface area contributed by atoms with Crippen LogP contribution in [0.3, 0.4) is 0 Å². The van der Waals surface area contributed by atoms with Crippen LogP contribution in [0.4, 0.5) is 24.5 Å². The molecule has 3 nitrogen and oxygen atoms in total. The molecule has 0 bridgehead atoms. The molecule has 0 fully saturated rings. The second kappa shape index (κ2) is 6.30. The van der Waals surface area contributed by atoms with Crippen LogP contribution in [0, 0.1) is 17.5 Å². The molecule has 0 aliphatic carbocycles. The maximum atomic E-state index is 13.4. The Hall–Kier alpha value is -2.50. The first kappa shape index (κ1) is 14.9. The number of hydrogen-bond acceptors (Lipinski definition) is 2. The van der Waals surface area contributed by atoms with Crippen molar-refractivity contribution in [2.45, 2.75) is 13.5 Å². The first-order chi connectivity index (χ1) is 9.95. The first-order valence-electron chi connectivity index (χ1n) is 6.20. The van der Waals surface area contributed by atoms with E-state index in [0.29, 0.717) is 17.8 Å². The molecular weight excluding hydrogens is 281 g/mol. The van der Waals surface area contributed by atoms with E-state index in [-0.39, 0.29) is 18.1 Å². The Kier molecular flexibility index (Phi) is 4.47. The summed E-state index contributed by atoms with van der Waals surface area (Å²) in [7, 11) is 0. The Morgan fingerprint density at radius 3 is 2.14 bits per heavy atom. The third kappa shape index (κ3) is 3.98. The van der Waals surface area contributed by atoms with Gasteiger partial charge in [-0.05, 0) is 17.7 Å². The summed E-state index contributed by atoms with van der Waals surface area (Å²) in [4.78, 5) is 10.9. The minimum Gasteiger partial charge on any atom is -0.376 e. The highest BCUT2D eigenvalue weighted by atomic mass is 19.1. The summed E-state index contributed by atoms with van der Waals surface area (Å²) in [6, 6.07) is 8.00. The van der Waals surface area contributed by atoms with Crippen LogP contribution >= 0.6 is 0 Å². The van der Waals surface area contributed by atoms with Crippen molar-refractivity contribution in [3.63, 3.8) is 0 Å². The number of nitrogens with one attached hydrogen (secondary N) is 2. The molecule has 0 radical (unpaired) electrons. The van der Waals surface area contributed by atoms with E-state index in [1.165, 1.54) is 6.92 Å². The average molecular weight is 294 g/mol. The van der Waals surface area contributed by atoms with Crippen LogP contribution < -0.4 is 10.6 Å². The lowest BCUT2D eigenvalue weighted by Crippen LogP contribution is -2.07. The molecule has 2 aromatic rings. The third-order valence-corrected chi connectivity index (χ3v) is 2.75. The van der Waals surface area contributed by atoms with Gasteiger partial charge in [-0.25, -0.2) is 13.2 Å². The summed E-state index contributed by atoms with van der Waals surface area (Å²) in [5, 5.41) is 5.19. The van der Waals surface area contributed by atoms with Crippen molar-refractivity contribution in [2.75, 3.05) is 10.6 Å². The van der Waals surface area contributed by atoms with E-state index in [0.717, 1.165) is 5.56 Å². The predicted molar refractivity (Wildman–Crippen MR) is 74.4 cm³/mol. The zero-order valence-corrected chi connectivity index (χ0v) is 11.2. The summed E-state index contributed by atoms with van der Waals surface area (Å²) in [5.41, 5.74) is 1.01. The summed E-state index contributed by atoms with van der Waals surface area (Å²) in [6.45, 7) is 1.56. The normalized spacial score (nSPS) is 10.3. The highest BCUT2D eigenvalue weighted by Gasteiger charge is 2.10. The van der Waals surface area contributed by atoms with E-state index < -0.39 is 17.5 Å². The van der Waals surface area contributed by atoms with Crippen molar-refractivity contribution in [2.24, 2.45) is 0 Å². The van der Waals surface area contributed by atoms with Crippen LogP contribution in [0.1, 0.15) is 12.5 Å². The van der Waals surface area contributed by atoms with Crippen molar-refractivity contribution in [1.29, 1.82) is 0 Å². The SMILES string of the molecule is CC(=O)Nc1ccc(CNc2c(F)cc(F)cc2F)cc1. The van der Waals surface area contributed by atoms with Gasteiger partial charge in [-0.3, -0.25) is 4.79 Å². The molecule has 0 aliphatic rings. The fourth-order valence-corrected chi connectivity index (χ4v) is 1.81. The molecule has 0 atom stereocenters. The van der Waals surface area contributed by atoms with Gasteiger partial charge in [-0.15, -0.1) is 0 Å². The Morgan fingerprint density at radius 2 is 1.62 bits per heavy atom. The minimum atomic E-state index is -0.984. The van der Waals surface area contributed by atoms with Gasteiger partial charge in [0.2, 0.25) is 5.91 Å². The maximum Gasteiger partial charge on any atom is 0.221 e. The highest BCUT2D eigenvalue weighted by Crippen LogP contribution is 2.21. The molecule has 2 aromatic carbocycles.